The van der Waals surface area contributed by atoms with E-state index in [-0.39, 0.29) is 11.7 Å². The van der Waals surface area contributed by atoms with Crippen LogP contribution in [0.25, 0.3) is 0 Å². The molecule has 0 bridgehead atoms. The number of carbonyl (C=O) groups excluding carboxylic acids is 1. The molecule has 5 heteroatoms. The van der Waals surface area contributed by atoms with Gasteiger partial charge in [0.2, 0.25) is 0 Å². The Kier molecular flexibility index (Phi) is 4.96. The van der Waals surface area contributed by atoms with E-state index in [1.807, 2.05) is 13.0 Å². The largest absolute Gasteiger partial charge is 0.381 e. The third-order valence-corrected chi connectivity index (χ3v) is 3.70. The van der Waals surface area contributed by atoms with Gasteiger partial charge in [-0.2, -0.15) is 0 Å². The maximum atomic E-state index is 13.7. The molecule has 2 aromatic carbocycles. The third kappa shape index (κ3) is 3.82. The molecule has 0 saturated heterocycles. The molecule has 0 unspecified atom stereocenters. The topological polar surface area (TPSA) is 41.1 Å². The van der Waals surface area contributed by atoms with Crippen LogP contribution in [0.15, 0.2) is 40.9 Å². The first-order valence-electron chi connectivity index (χ1n) is 6.52. The van der Waals surface area contributed by atoms with Gasteiger partial charge in [0.05, 0.1) is 0 Å². The molecule has 2 N–H and O–H groups in total. The average Bonchev–Trinajstić information content (AvgIpc) is 2.48. The second-order valence-electron chi connectivity index (χ2n) is 4.70. The van der Waals surface area contributed by atoms with Crippen LogP contribution in [-0.2, 0) is 6.54 Å². The summed E-state index contributed by atoms with van der Waals surface area (Å²) >= 11 is 3.33. The second-order valence-corrected chi connectivity index (χ2v) is 5.61. The number of carbonyl (C=O) groups is 1. The SMILES string of the molecule is CNC(=O)c1ccc(C)c(NCc2cc(Br)ccc2F)c1. The number of halogens is 2. The molecule has 2 rings (SSSR count). The van der Waals surface area contributed by atoms with E-state index in [1.165, 1.54) is 6.07 Å². The van der Waals surface area contributed by atoms with Crippen molar-refractivity contribution < 1.29 is 9.18 Å². The number of anilines is 1. The summed E-state index contributed by atoms with van der Waals surface area (Å²) in [5.41, 5.74) is 2.95. The lowest BCUT2D eigenvalue weighted by Crippen LogP contribution is -2.18. The summed E-state index contributed by atoms with van der Waals surface area (Å²) in [5.74, 6) is -0.405. The van der Waals surface area contributed by atoms with E-state index in [1.54, 1.807) is 31.3 Å². The summed E-state index contributed by atoms with van der Waals surface area (Å²) in [6, 6.07) is 10.2. The van der Waals surface area contributed by atoms with Gasteiger partial charge in [0.1, 0.15) is 5.82 Å². The quantitative estimate of drug-likeness (QED) is 0.878. The van der Waals surface area contributed by atoms with Crippen LogP contribution in [0.1, 0.15) is 21.5 Å². The molecule has 2 aromatic rings. The minimum Gasteiger partial charge on any atom is -0.381 e. The maximum absolute atomic E-state index is 13.7. The fourth-order valence-electron chi connectivity index (χ4n) is 1.97. The van der Waals surface area contributed by atoms with Crippen LogP contribution in [0.3, 0.4) is 0 Å². The Hall–Kier alpha value is -1.88. The molecule has 0 spiro atoms. The zero-order valence-electron chi connectivity index (χ0n) is 11.8. The van der Waals surface area contributed by atoms with Crippen LogP contribution in [0.4, 0.5) is 10.1 Å². The van der Waals surface area contributed by atoms with Gasteiger partial charge in [-0.25, -0.2) is 4.39 Å². The molecule has 0 saturated carbocycles. The lowest BCUT2D eigenvalue weighted by Gasteiger charge is -2.12. The molecule has 0 aliphatic heterocycles. The molecule has 0 aromatic heterocycles. The third-order valence-electron chi connectivity index (χ3n) is 3.20. The lowest BCUT2D eigenvalue weighted by atomic mass is 10.1. The number of hydrogen-bond donors (Lipinski definition) is 2. The van der Waals surface area contributed by atoms with E-state index in [4.69, 9.17) is 0 Å². The van der Waals surface area contributed by atoms with Crippen LogP contribution in [-0.4, -0.2) is 13.0 Å². The van der Waals surface area contributed by atoms with Crippen molar-refractivity contribution in [3.8, 4) is 0 Å². The van der Waals surface area contributed by atoms with Gasteiger partial charge in [-0.1, -0.05) is 22.0 Å². The molecular formula is C16H16BrFN2O. The van der Waals surface area contributed by atoms with Crippen LogP contribution < -0.4 is 10.6 Å². The smallest absolute Gasteiger partial charge is 0.251 e. The predicted molar refractivity (Wildman–Crippen MR) is 86.0 cm³/mol. The first-order valence-corrected chi connectivity index (χ1v) is 7.31. The van der Waals surface area contributed by atoms with E-state index >= 15 is 0 Å². The van der Waals surface area contributed by atoms with Gasteiger partial charge in [-0.3, -0.25) is 4.79 Å². The Balaban J connectivity index is 2.19. The van der Waals surface area contributed by atoms with Crippen LogP contribution in [0.5, 0.6) is 0 Å². The second kappa shape index (κ2) is 6.72. The van der Waals surface area contributed by atoms with Crippen molar-refractivity contribution in [3.05, 3.63) is 63.4 Å². The highest BCUT2D eigenvalue weighted by molar-refractivity contribution is 9.10. The van der Waals surface area contributed by atoms with E-state index in [0.29, 0.717) is 17.7 Å². The molecular weight excluding hydrogens is 335 g/mol. The number of amides is 1. The molecule has 3 nitrogen and oxygen atoms in total. The van der Waals surface area contributed by atoms with Crippen molar-refractivity contribution >= 4 is 27.5 Å². The lowest BCUT2D eigenvalue weighted by molar-refractivity contribution is 0.0963. The molecule has 0 aliphatic carbocycles. The fourth-order valence-corrected chi connectivity index (χ4v) is 2.38. The zero-order valence-corrected chi connectivity index (χ0v) is 13.4. The standard InChI is InChI=1S/C16H16BrFN2O/c1-10-3-4-11(16(21)19-2)8-15(10)20-9-12-7-13(17)5-6-14(12)18/h3-8,20H,9H2,1-2H3,(H,19,21). The molecule has 0 radical (unpaired) electrons. The summed E-state index contributed by atoms with van der Waals surface area (Å²) in [6.07, 6.45) is 0. The van der Waals surface area contributed by atoms with E-state index in [2.05, 4.69) is 26.6 Å². The van der Waals surface area contributed by atoms with Crippen LogP contribution >= 0.6 is 15.9 Å². The van der Waals surface area contributed by atoms with Gasteiger partial charge >= 0.3 is 0 Å². The van der Waals surface area contributed by atoms with E-state index < -0.39 is 0 Å². The predicted octanol–water partition coefficient (Wildman–Crippen LogP) is 3.87. The Morgan fingerprint density at radius 1 is 1.24 bits per heavy atom. The molecule has 0 atom stereocenters. The van der Waals surface area contributed by atoms with Crippen molar-refractivity contribution in [1.82, 2.24) is 5.32 Å². The highest BCUT2D eigenvalue weighted by Crippen LogP contribution is 2.20. The monoisotopic (exact) mass is 350 g/mol. The molecule has 0 fully saturated rings. The number of aryl methyl sites for hydroxylation is 1. The first kappa shape index (κ1) is 15.5. The van der Waals surface area contributed by atoms with Gasteiger partial charge in [-0.05, 0) is 42.8 Å². The minimum absolute atomic E-state index is 0.147. The van der Waals surface area contributed by atoms with E-state index in [9.17, 15) is 9.18 Å². The van der Waals surface area contributed by atoms with Crippen LogP contribution in [0, 0.1) is 12.7 Å². The normalized spacial score (nSPS) is 10.3. The van der Waals surface area contributed by atoms with Gasteiger partial charge in [0, 0.05) is 34.9 Å². The summed E-state index contributed by atoms with van der Waals surface area (Å²) in [6.45, 7) is 2.29. The van der Waals surface area contributed by atoms with Crippen molar-refractivity contribution in [2.45, 2.75) is 13.5 Å². The Morgan fingerprint density at radius 3 is 2.71 bits per heavy atom. The Bertz CT molecular complexity index is 673. The molecule has 110 valence electrons. The molecule has 1 amide bonds. The minimum atomic E-state index is -0.259. The van der Waals surface area contributed by atoms with Crippen LogP contribution in [0.2, 0.25) is 0 Å². The summed E-state index contributed by atoms with van der Waals surface area (Å²) in [5, 5.41) is 5.76. The van der Waals surface area contributed by atoms with Gasteiger partial charge in [-0.15, -0.1) is 0 Å². The number of benzene rings is 2. The highest BCUT2D eigenvalue weighted by Gasteiger charge is 2.08. The van der Waals surface area contributed by atoms with E-state index in [0.717, 1.165) is 15.7 Å². The maximum Gasteiger partial charge on any atom is 0.251 e. The number of nitrogens with one attached hydrogen (secondary N) is 2. The number of hydrogen-bond acceptors (Lipinski definition) is 2. The van der Waals surface area contributed by atoms with Crippen molar-refractivity contribution in [2.75, 3.05) is 12.4 Å². The van der Waals surface area contributed by atoms with Crippen molar-refractivity contribution in [3.63, 3.8) is 0 Å². The van der Waals surface area contributed by atoms with Crippen molar-refractivity contribution in [1.29, 1.82) is 0 Å². The zero-order chi connectivity index (χ0) is 15.4. The van der Waals surface area contributed by atoms with Gasteiger partial charge < -0.3 is 10.6 Å². The van der Waals surface area contributed by atoms with Crippen molar-refractivity contribution in [2.24, 2.45) is 0 Å². The first-order chi connectivity index (χ1) is 10.0. The highest BCUT2D eigenvalue weighted by atomic mass is 79.9. The summed E-state index contributed by atoms with van der Waals surface area (Å²) < 4.78 is 14.5. The molecule has 0 aliphatic rings. The van der Waals surface area contributed by atoms with Gasteiger partial charge in [0.15, 0.2) is 0 Å². The molecule has 0 heterocycles. The summed E-state index contributed by atoms with van der Waals surface area (Å²) in [7, 11) is 1.59. The average molecular weight is 351 g/mol. The number of rotatable bonds is 4. The van der Waals surface area contributed by atoms with Gasteiger partial charge in [0.25, 0.3) is 5.91 Å². The Labute approximate surface area is 131 Å². The molecule has 21 heavy (non-hydrogen) atoms. The Morgan fingerprint density at radius 2 is 2.00 bits per heavy atom. The fraction of sp³-hybridized carbons (Fsp3) is 0.188. The summed E-state index contributed by atoms with van der Waals surface area (Å²) in [4.78, 5) is 11.6.